The van der Waals surface area contributed by atoms with Gasteiger partial charge >= 0.3 is 6.09 Å². The Kier molecular flexibility index (Phi) is 6.24. The van der Waals surface area contributed by atoms with E-state index < -0.39 is 5.60 Å². The second kappa shape index (κ2) is 8.48. The second-order valence-electron chi connectivity index (χ2n) is 8.26. The number of aromatic nitrogens is 2. The van der Waals surface area contributed by atoms with Gasteiger partial charge in [0.05, 0.1) is 19.8 Å². The van der Waals surface area contributed by atoms with Gasteiger partial charge in [-0.3, -0.25) is 14.4 Å². The van der Waals surface area contributed by atoms with Gasteiger partial charge in [0, 0.05) is 57.4 Å². The van der Waals surface area contributed by atoms with E-state index in [1.165, 1.54) is 0 Å². The molecular weight excluding hydrogens is 362 g/mol. The molecule has 28 heavy (non-hydrogen) atoms. The lowest BCUT2D eigenvalue weighted by molar-refractivity contribution is 0.0221. The minimum atomic E-state index is -0.550. The minimum Gasteiger partial charge on any atom is -0.444 e. The number of amides is 2. The van der Waals surface area contributed by atoms with Gasteiger partial charge in [-0.2, -0.15) is 5.10 Å². The highest BCUT2D eigenvalue weighted by Gasteiger charge is 2.31. The predicted molar refractivity (Wildman–Crippen MR) is 103 cm³/mol. The number of morpholine rings is 1. The summed E-state index contributed by atoms with van der Waals surface area (Å²) < 4.78 is 12.6. The number of nitrogens with one attached hydrogen (secondary N) is 1. The van der Waals surface area contributed by atoms with Crippen molar-refractivity contribution < 1.29 is 19.1 Å². The number of nitrogens with zero attached hydrogens (tertiary/aromatic N) is 4. The third-order valence-corrected chi connectivity index (χ3v) is 4.93. The Morgan fingerprint density at radius 2 is 1.93 bits per heavy atom. The van der Waals surface area contributed by atoms with Gasteiger partial charge in [-0.05, 0) is 20.8 Å². The molecule has 1 aromatic rings. The van der Waals surface area contributed by atoms with Gasteiger partial charge in [0.15, 0.2) is 5.69 Å². The first-order valence-corrected chi connectivity index (χ1v) is 9.85. The summed E-state index contributed by atoms with van der Waals surface area (Å²) in [7, 11) is 1.84. The molecule has 0 aromatic carbocycles. The zero-order chi connectivity index (χ0) is 20.3. The van der Waals surface area contributed by atoms with Crippen LogP contribution >= 0.6 is 0 Å². The summed E-state index contributed by atoms with van der Waals surface area (Å²) in [6.07, 6.45) is 0.291. The molecule has 3 rings (SSSR count). The van der Waals surface area contributed by atoms with Crippen molar-refractivity contribution >= 4 is 12.0 Å². The van der Waals surface area contributed by atoms with Crippen molar-refractivity contribution in [1.82, 2.24) is 24.9 Å². The third-order valence-electron chi connectivity index (χ3n) is 4.93. The van der Waals surface area contributed by atoms with Crippen LogP contribution in [0.2, 0.25) is 0 Å². The van der Waals surface area contributed by atoms with Crippen LogP contribution in [0, 0.1) is 0 Å². The molecule has 1 aromatic heterocycles. The number of ether oxygens (including phenoxy) is 2. The molecule has 1 N–H and O–H groups in total. The molecule has 9 nitrogen and oxygen atoms in total. The van der Waals surface area contributed by atoms with E-state index in [4.69, 9.17) is 9.47 Å². The number of rotatable bonds is 4. The molecule has 156 valence electrons. The molecule has 1 fully saturated rings. The van der Waals surface area contributed by atoms with E-state index in [0.717, 1.165) is 44.1 Å². The number of aryl methyl sites for hydroxylation is 1. The third kappa shape index (κ3) is 5.02. The van der Waals surface area contributed by atoms with Crippen molar-refractivity contribution in [2.24, 2.45) is 7.05 Å². The molecule has 2 aliphatic heterocycles. The first-order chi connectivity index (χ1) is 13.2. The standard InChI is InChI=1S/C19H31N5O4/c1-19(2,3)28-18(26)24-7-5-15-14(13-24)16(21-22(15)4)17(25)20-6-8-23-9-11-27-12-10-23/h5-13H2,1-4H3,(H,20,25). The maximum atomic E-state index is 12.7. The van der Waals surface area contributed by atoms with Crippen LogP contribution in [-0.4, -0.2) is 83.1 Å². The topological polar surface area (TPSA) is 88.9 Å². The van der Waals surface area contributed by atoms with Gasteiger partial charge in [0.25, 0.3) is 5.91 Å². The highest BCUT2D eigenvalue weighted by Crippen LogP contribution is 2.23. The molecule has 3 heterocycles. The molecule has 0 bridgehead atoms. The van der Waals surface area contributed by atoms with Gasteiger partial charge in [-0.1, -0.05) is 0 Å². The van der Waals surface area contributed by atoms with Gasteiger partial charge in [-0.25, -0.2) is 4.79 Å². The monoisotopic (exact) mass is 393 g/mol. The average Bonchev–Trinajstić information content (AvgIpc) is 2.97. The van der Waals surface area contributed by atoms with Crippen LogP contribution in [0.1, 0.15) is 42.5 Å². The Labute approximate surface area is 165 Å². The summed E-state index contributed by atoms with van der Waals surface area (Å²) in [6, 6.07) is 0. The first-order valence-electron chi connectivity index (χ1n) is 9.85. The normalized spacial score (nSPS) is 17.9. The van der Waals surface area contributed by atoms with E-state index in [2.05, 4.69) is 15.3 Å². The molecular formula is C19H31N5O4. The van der Waals surface area contributed by atoms with Gasteiger partial charge in [0.1, 0.15) is 5.60 Å². The molecule has 0 saturated carbocycles. The van der Waals surface area contributed by atoms with Gasteiger partial charge in [0.2, 0.25) is 0 Å². The Morgan fingerprint density at radius 3 is 2.61 bits per heavy atom. The first kappa shape index (κ1) is 20.6. The van der Waals surface area contributed by atoms with Crippen LogP contribution in [-0.2, 0) is 29.5 Å². The molecule has 0 spiro atoms. The number of fused-ring (bicyclic) bond motifs is 1. The Hall–Kier alpha value is -2.13. The molecule has 0 unspecified atom stereocenters. The molecule has 0 atom stereocenters. The fraction of sp³-hybridized carbons (Fsp3) is 0.737. The Balaban J connectivity index is 1.62. The van der Waals surface area contributed by atoms with Crippen LogP contribution < -0.4 is 5.32 Å². The Bertz CT molecular complexity index is 719. The van der Waals surface area contributed by atoms with Crippen LogP contribution in [0.5, 0.6) is 0 Å². The van der Waals surface area contributed by atoms with Crippen molar-refractivity contribution in [3.05, 3.63) is 17.0 Å². The van der Waals surface area contributed by atoms with E-state index in [1.807, 2.05) is 27.8 Å². The summed E-state index contributed by atoms with van der Waals surface area (Å²) in [4.78, 5) is 29.0. The van der Waals surface area contributed by atoms with Crippen LogP contribution in [0.15, 0.2) is 0 Å². The zero-order valence-corrected chi connectivity index (χ0v) is 17.3. The molecule has 0 radical (unpaired) electrons. The highest BCUT2D eigenvalue weighted by atomic mass is 16.6. The van der Waals surface area contributed by atoms with Gasteiger partial charge < -0.3 is 19.7 Å². The van der Waals surface area contributed by atoms with Gasteiger partial charge in [-0.15, -0.1) is 0 Å². The van der Waals surface area contributed by atoms with E-state index >= 15 is 0 Å². The minimum absolute atomic E-state index is 0.198. The largest absolute Gasteiger partial charge is 0.444 e. The summed E-state index contributed by atoms with van der Waals surface area (Å²) in [6.45, 7) is 11.0. The number of hydrogen-bond donors (Lipinski definition) is 1. The number of carbonyl (C=O) groups is 2. The number of carbonyl (C=O) groups excluding carboxylic acids is 2. The summed E-state index contributed by atoms with van der Waals surface area (Å²) >= 11 is 0. The average molecular weight is 393 g/mol. The molecule has 2 aliphatic rings. The predicted octanol–water partition coefficient (Wildman–Crippen LogP) is 0.775. The Morgan fingerprint density at radius 1 is 1.21 bits per heavy atom. The van der Waals surface area contributed by atoms with E-state index in [1.54, 1.807) is 9.58 Å². The van der Waals surface area contributed by atoms with Crippen molar-refractivity contribution in [3.8, 4) is 0 Å². The molecule has 0 aliphatic carbocycles. The smallest absolute Gasteiger partial charge is 0.410 e. The lowest BCUT2D eigenvalue weighted by atomic mass is 10.1. The summed E-state index contributed by atoms with van der Waals surface area (Å²) in [5, 5.41) is 7.38. The lowest BCUT2D eigenvalue weighted by Gasteiger charge is -2.30. The molecule has 9 heteroatoms. The fourth-order valence-electron chi connectivity index (χ4n) is 3.49. The van der Waals surface area contributed by atoms with E-state index in [-0.39, 0.29) is 12.0 Å². The van der Waals surface area contributed by atoms with Crippen molar-refractivity contribution in [1.29, 1.82) is 0 Å². The zero-order valence-electron chi connectivity index (χ0n) is 17.3. The van der Waals surface area contributed by atoms with E-state index in [9.17, 15) is 9.59 Å². The molecule has 1 saturated heterocycles. The maximum absolute atomic E-state index is 12.7. The second-order valence-corrected chi connectivity index (χ2v) is 8.26. The maximum Gasteiger partial charge on any atom is 0.410 e. The SMILES string of the molecule is Cn1nc(C(=O)NCCN2CCOCC2)c2c1CCN(C(=O)OC(C)(C)C)C2. The van der Waals surface area contributed by atoms with Crippen LogP contribution in [0.25, 0.3) is 0 Å². The fourth-order valence-corrected chi connectivity index (χ4v) is 3.49. The van der Waals surface area contributed by atoms with Crippen LogP contribution in [0.4, 0.5) is 4.79 Å². The van der Waals surface area contributed by atoms with E-state index in [0.29, 0.717) is 31.7 Å². The quantitative estimate of drug-likeness (QED) is 0.813. The molecule has 2 amide bonds. The highest BCUT2D eigenvalue weighted by molar-refractivity contribution is 5.94. The summed E-state index contributed by atoms with van der Waals surface area (Å²) in [5.41, 5.74) is 1.65. The lowest BCUT2D eigenvalue weighted by Crippen LogP contribution is -2.42. The number of hydrogen-bond acceptors (Lipinski definition) is 6. The van der Waals surface area contributed by atoms with Crippen molar-refractivity contribution in [3.63, 3.8) is 0 Å². The van der Waals surface area contributed by atoms with Crippen LogP contribution in [0.3, 0.4) is 0 Å². The summed E-state index contributed by atoms with van der Waals surface area (Å²) in [5.74, 6) is -0.198. The van der Waals surface area contributed by atoms with Crippen molar-refractivity contribution in [2.45, 2.75) is 39.3 Å². The van der Waals surface area contributed by atoms with Crippen molar-refractivity contribution in [2.75, 3.05) is 45.9 Å².